The minimum absolute atomic E-state index is 0.140. The van der Waals surface area contributed by atoms with Crippen molar-refractivity contribution in [2.24, 2.45) is 5.92 Å². The molecule has 1 fully saturated rings. The van der Waals surface area contributed by atoms with Crippen LogP contribution < -0.4 is 0 Å². The average molecular weight is 324 g/mol. The number of rotatable bonds is 6. The first-order chi connectivity index (χ1) is 11.6. The first-order valence-electron chi connectivity index (χ1n) is 8.11. The van der Waals surface area contributed by atoms with Crippen molar-refractivity contribution in [2.45, 2.75) is 25.8 Å². The Morgan fingerprint density at radius 1 is 1.33 bits per heavy atom. The van der Waals surface area contributed by atoms with Gasteiger partial charge in [0.15, 0.2) is 0 Å². The Morgan fingerprint density at radius 2 is 2.08 bits per heavy atom. The van der Waals surface area contributed by atoms with Gasteiger partial charge in [0, 0.05) is 35.8 Å². The van der Waals surface area contributed by atoms with Gasteiger partial charge < -0.3 is 10.0 Å². The Labute approximate surface area is 140 Å². The number of amides is 1. The van der Waals surface area contributed by atoms with Crippen LogP contribution in [0.1, 0.15) is 25.3 Å². The van der Waals surface area contributed by atoms with Crippen LogP contribution in [0.2, 0.25) is 0 Å². The van der Waals surface area contributed by atoms with E-state index in [4.69, 9.17) is 5.11 Å². The predicted octanol–water partition coefficient (Wildman–Crippen LogP) is 2.96. The number of fused-ring (bicyclic) bond motifs is 1. The van der Waals surface area contributed by atoms with Crippen LogP contribution in [0, 0.1) is 5.92 Å². The standard InChI is InChI=1S/C19H20N2O3/c1-13(19(23)24)12-21(16-8-9-16)17(22)10-7-15-5-2-4-14-6-3-11-20-18(14)15/h2-7,10-11,13,16H,8-9,12H2,1H3,(H,23,24). The van der Waals surface area contributed by atoms with Crippen LogP contribution in [0.15, 0.2) is 42.6 Å². The first-order valence-corrected chi connectivity index (χ1v) is 8.11. The second-order valence-corrected chi connectivity index (χ2v) is 6.22. The molecule has 0 spiro atoms. The monoisotopic (exact) mass is 324 g/mol. The summed E-state index contributed by atoms with van der Waals surface area (Å²) in [5.74, 6) is -1.59. The summed E-state index contributed by atoms with van der Waals surface area (Å²) in [4.78, 5) is 29.6. The van der Waals surface area contributed by atoms with E-state index in [1.165, 1.54) is 6.08 Å². The molecule has 5 nitrogen and oxygen atoms in total. The Kier molecular flexibility index (Phi) is 4.60. The van der Waals surface area contributed by atoms with E-state index in [2.05, 4.69) is 4.98 Å². The molecule has 1 aromatic heterocycles. The molecule has 1 unspecified atom stereocenters. The number of carboxylic acid groups (broad SMARTS) is 1. The number of pyridine rings is 1. The zero-order valence-corrected chi connectivity index (χ0v) is 13.6. The summed E-state index contributed by atoms with van der Waals surface area (Å²) in [6.07, 6.45) is 6.91. The zero-order chi connectivity index (χ0) is 17.1. The van der Waals surface area contributed by atoms with Crippen molar-refractivity contribution >= 4 is 28.9 Å². The molecule has 0 bridgehead atoms. The number of carboxylic acids is 1. The normalized spacial score (nSPS) is 15.5. The third kappa shape index (κ3) is 3.62. The van der Waals surface area contributed by atoms with Gasteiger partial charge in [-0.05, 0) is 25.0 Å². The number of aliphatic carboxylic acids is 1. The molecule has 1 saturated carbocycles. The molecule has 1 atom stereocenters. The fraction of sp³-hybridized carbons (Fsp3) is 0.316. The van der Waals surface area contributed by atoms with E-state index in [1.54, 1.807) is 24.1 Å². The summed E-state index contributed by atoms with van der Waals surface area (Å²) in [5, 5.41) is 10.1. The lowest BCUT2D eigenvalue weighted by atomic mass is 10.1. The Bertz CT molecular complexity index is 791. The molecule has 1 N–H and O–H groups in total. The number of hydrogen-bond acceptors (Lipinski definition) is 3. The molecule has 24 heavy (non-hydrogen) atoms. The van der Waals surface area contributed by atoms with E-state index in [1.807, 2.05) is 30.3 Å². The predicted molar refractivity (Wildman–Crippen MR) is 92.3 cm³/mol. The highest BCUT2D eigenvalue weighted by Gasteiger charge is 2.33. The van der Waals surface area contributed by atoms with Crippen LogP contribution >= 0.6 is 0 Å². The fourth-order valence-electron chi connectivity index (χ4n) is 2.70. The number of aromatic nitrogens is 1. The number of nitrogens with zero attached hydrogens (tertiary/aromatic N) is 2. The second-order valence-electron chi connectivity index (χ2n) is 6.22. The lowest BCUT2D eigenvalue weighted by Gasteiger charge is -2.22. The summed E-state index contributed by atoms with van der Waals surface area (Å²) >= 11 is 0. The highest BCUT2D eigenvalue weighted by Crippen LogP contribution is 2.28. The van der Waals surface area contributed by atoms with Gasteiger partial charge in [0.2, 0.25) is 5.91 Å². The molecule has 124 valence electrons. The van der Waals surface area contributed by atoms with Crippen LogP contribution in [0.3, 0.4) is 0 Å². The van der Waals surface area contributed by atoms with E-state index < -0.39 is 11.9 Å². The number of carbonyl (C=O) groups is 2. The summed E-state index contributed by atoms with van der Waals surface area (Å²) in [6.45, 7) is 1.88. The molecule has 1 aliphatic carbocycles. The number of hydrogen-bond donors (Lipinski definition) is 1. The Balaban J connectivity index is 1.79. The summed E-state index contributed by atoms with van der Waals surface area (Å²) in [5.41, 5.74) is 1.73. The van der Waals surface area contributed by atoms with Gasteiger partial charge in [-0.25, -0.2) is 0 Å². The van der Waals surface area contributed by atoms with Crippen molar-refractivity contribution in [3.63, 3.8) is 0 Å². The molecular weight excluding hydrogens is 304 g/mol. The minimum atomic E-state index is -0.879. The minimum Gasteiger partial charge on any atom is -0.481 e. The summed E-state index contributed by atoms with van der Waals surface area (Å²) < 4.78 is 0. The van der Waals surface area contributed by atoms with Gasteiger partial charge >= 0.3 is 5.97 Å². The summed E-state index contributed by atoms with van der Waals surface area (Å²) in [7, 11) is 0. The van der Waals surface area contributed by atoms with E-state index in [0.29, 0.717) is 0 Å². The van der Waals surface area contributed by atoms with Crippen LogP contribution in [-0.4, -0.2) is 39.5 Å². The van der Waals surface area contributed by atoms with E-state index >= 15 is 0 Å². The van der Waals surface area contributed by atoms with Crippen molar-refractivity contribution in [3.8, 4) is 0 Å². The number of carbonyl (C=O) groups excluding carboxylic acids is 1. The SMILES string of the molecule is CC(CN(C(=O)C=Cc1cccc2cccnc12)C1CC1)C(=O)O. The lowest BCUT2D eigenvalue weighted by Crippen LogP contribution is -2.37. The molecule has 3 rings (SSSR count). The van der Waals surface area contributed by atoms with Crippen molar-refractivity contribution < 1.29 is 14.7 Å². The van der Waals surface area contributed by atoms with Crippen molar-refractivity contribution in [1.82, 2.24) is 9.88 Å². The van der Waals surface area contributed by atoms with Gasteiger partial charge in [0.05, 0.1) is 11.4 Å². The first kappa shape index (κ1) is 16.2. The molecule has 1 heterocycles. The van der Waals surface area contributed by atoms with Gasteiger partial charge in [-0.15, -0.1) is 0 Å². The smallest absolute Gasteiger partial charge is 0.308 e. The topological polar surface area (TPSA) is 70.5 Å². The van der Waals surface area contributed by atoms with E-state index in [9.17, 15) is 9.59 Å². The molecule has 0 radical (unpaired) electrons. The van der Waals surface area contributed by atoms with Crippen molar-refractivity contribution in [1.29, 1.82) is 0 Å². The maximum Gasteiger partial charge on any atom is 0.308 e. The average Bonchev–Trinajstić information content (AvgIpc) is 3.42. The van der Waals surface area contributed by atoms with Gasteiger partial charge in [-0.3, -0.25) is 14.6 Å². The van der Waals surface area contributed by atoms with Crippen molar-refractivity contribution in [2.75, 3.05) is 6.54 Å². The van der Waals surface area contributed by atoms with Crippen molar-refractivity contribution in [3.05, 3.63) is 48.2 Å². The fourth-order valence-corrected chi connectivity index (χ4v) is 2.70. The van der Waals surface area contributed by atoms with Crippen LogP contribution in [-0.2, 0) is 9.59 Å². The molecule has 2 aromatic rings. The lowest BCUT2D eigenvalue weighted by molar-refractivity contribution is -0.142. The molecule has 1 aromatic carbocycles. The van der Waals surface area contributed by atoms with Crippen LogP contribution in [0.4, 0.5) is 0 Å². The molecule has 0 saturated heterocycles. The summed E-state index contributed by atoms with van der Waals surface area (Å²) in [6, 6.07) is 9.86. The highest BCUT2D eigenvalue weighted by atomic mass is 16.4. The molecular formula is C19H20N2O3. The van der Waals surface area contributed by atoms with Crippen LogP contribution in [0.5, 0.6) is 0 Å². The van der Waals surface area contributed by atoms with Gasteiger partial charge in [-0.1, -0.05) is 31.2 Å². The van der Waals surface area contributed by atoms with Gasteiger partial charge in [-0.2, -0.15) is 0 Å². The third-order valence-electron chi connectivity index (χ3n) is 4.23. The zero-order valence-electron chi connectivity index (χ0n) is 13.6. The second kappa shape index (κ2) is 6.83. The Hall–Kier alpha value is -2.69. The van der Waals surface area contributed by atoms with Gasteiger partial charge in [0.1, 0.15) is 0 Å². The highest BCUT2D eigenvalue weighted by molar-refractivity contribution is 5.95. The quantitative estimate of drug-likeness (QED) is 0.829. The van der Waals surface area contributed by atoms with E-state index in [-0.39, 0.29) is 18.5 Å². The molecule has 1 amide bonds. The maximum absolute atomic E-state index is 12.5. The number of para-hydroxylation sites is 1. The maximum atomic E-state index is 12.5. The molecule has 5 heteroatoms. The molecule has 0 aliphatic heterocycles. The Morgan fingerprint density at radius 3 is 2.79 bits per heavy atom. The number of benzene rings is 1. The van der Waals surface area contributed by atoms with Gasteiger partial charge in [0.25, 0.3) is 0 Å². The molecule has 1 aliphatic rings. The van der Waals surface area contributed by atoms with E-state index in [0.717, 1.165) is 29.3 Å². The third-order valence-corrected chi connectivity index (χ3v) is 4.23. The van der Waals surface area contributed by atoms with Crippen LogP contribution in [0.25, 0.3) is 17.0 Å². The largest absolute Gasteiger partial charge is 0.481 e.